The molecule has 0 radical (unpaired) electrons. The van der Waals surface area contributed by atoms with Gasteiger partial charge < -0.3 is 24.7 Å². The standard InChI is InChI=1S/C21H30ClN5O4S/c1-5-13-17(22)26-18(24-13)19(28)25-14-7-8-27(10-15(14)31-11-12(3)4)21-23-9-16(32-21)20(29)30-6-2/h9,12,14-15H,5-8,10-11H2,1-4H3,(H,24,26)(H,25,28)/t14-,15+/m1/s1. The van der Waals surface area contributed by atoms with Crippen LogP contribution in [-0.2, 0) is 15.9 Å². The van der Waals surface area contributed by atoms with Gasteiger partial charge in [-0.3, -0.25) is 4.79 Å². The van der Waals surface area contributed by atoms with Crippen LogP contribution < -0.4 is 10.2 Å². The number of rotatable bonds is 9. The molecule has 1 fully saturated rings. The third-order valence-corrected chi connectivity index (χ3v) is 6.41. The Morgan fingerprint density at radius 2 is 2.19 bits per heavy atom. The fourth-order valence-corrected chi connectivity index (χ4v) is 4.52. The van der Waals surface area contributed by atoms with Crippen LogP contribution >= 0.6 is 22.9 Å². The second kappa shape index (κ2) is 11.1. The van der Waals surface area contributed by atoms with Crippen LogP contribution in [0.15, 0.2) is 6.20 Å². The molecule has 0 bridgehead atoms. The summed E-state index contributed by atoms with van der Waals surface area (Å²) in [6.45, 7) is 9.99. The Bertz CT molecular complexity index is 931. The maximum Gasteiger partial charge on any atom is 0.350 e. The van der Waals surface area contributed by atoms with Gasteiger partial charge in [-0.05, 0) is 25.7 Å². The average Bonchev–Trinajstić information content (AvgIpc) is 3.40. The number of ether oxygens (including phenoxy) is 2. The number of anilines is 1. The number of H-pyrrole nitrogens is 1. The fourth-order valence-electron chi connectivity index (χ4n) is 3.41. The number of carbonyl (C=O) groups is 2. The van der Waals surface area contributed by atoms with Crippen LogP contribution in [0, 0.1) is 5.92 Å². The Morgan fingerprint density at radius 3 is 2.84 bits per heavy atom. The van der Waals surface area contributed by atoms with Crippen LogP contribution in [-0.4, -0.2) is 65.3 Å². The van der Waals surface area contributed by atoms with E-state index in [4.69, 9.17) is 21.1 Å². The quantitative estimate of drug-likeness (QED) is 0.526. The van der Waals surface area contributed by atoms with E-state index in [1.54, 1.807) is 13.1 Å². The predicted molar refractivity (Wildman–Crippen MR) is 124 cm³/mol. The van der Waals surface area contributed by atoms with Gasteiger partial charge in [-0.25, -0.2) is 14.8 Å². The molecular weight excluding hydrogens is 454 g/mol. The molecule has 1 aliphatic rings. The monoisotopic (exact) mass is 483 g/mol. The van der Waals surface area contributed by atoms with Crippen molar-refractivity contribution in [2.75, 3.05) is 31.2 Å². The van der Waals surface area contributed by atoms with Gasteiger partial charge in [-0.2, -0.15) is 0 Å². The zero-order valence-corrected chi connectivity index (χ0v) is 20.4. The third kappa shape index (κ3) is 5.99. The average molecular weight is 484 g/mol. The largest absolute Gasteiger partial charge is 0.462 e. The van der Waals surface area contributed by atoms with E-state index in [2.05, 4.69) is 39.0 Å². The molecule has 176 valence electrons. The lowest BCUT2D eigenvalue weighted by molar-refractivity contribution is 0.00705. The van der Waals surface area contributed by atoms with E-state index in [1.165, 1.54) is 11.3 Å². The summed E-state index contributed by atoms with van der Waals surface area (Å²) < 4.78 is 11.2. The summed E-state index contributed by atoms with van der Waals surface area (Å²) in [7, 11) is 0. The third-order valence-electron chi connectivity index (χ3n) is 5.06. The predicted octanol–water partition coefficient (Wildman–Crippen LogP) is 3.31. The molecule has 1 saturated heterocycles. The highest BCUT2D eigenvalue weighted by Crippen LogP contribution is 2.27. The van der Waals surface area contributed by atoms with Gasteiger partial charge in [0.15, 0.2) is 16.1 Å². The van der Waals surface area contributed by atoms with Gasteiger partial charge >= 0.3 is 5.97 Å². The molecule has 2 atom stereocenters. The molecule has 0 saturated carbocycles. The molecule has 32 heavy (non-hydrogen) atoms. The molecule has 3 rings (SSSR count). The van der Waals surface area contributed by atoms with Crippen molar-refractivity contribution in [2.45, 2.75) is 52.7 Å². The number of aromatic nitrogens is 3. The van der Waals surface area contributed by atoms with E-state index in [0.29, 0.717) is 55.1 Å². The molecule has 0 aromatic carbocycles. The SMILES string of the molecule is CCOC(=O)c1cnc(N2CC[C@@H](NC(=O)c3nc(Cl)c(CC)[nH]3)[C@@H](OCC(C)C)C2)s1. The van der Waals surface area contributed by atoms with Gasteiger partial charge in [0.05, 0.1) is 30.6 Å². The molecule has 9 nitrogen and oxygen atoms in total. The van der Waals surface area contributed by atoms with Crippen molar-refractivity contribution >= 4 is 39.9 Å². The molecule has 2 N–H and O–H groups in total. The summed E-state index contributed by atoms with van der Waals surface area (Å²) in [5, 5.41) is 4.11. The Kier molecular flexibility index (Phi) is 8.50. The molecule has 1 amide bonds. The molecular formula is C21H30ClN5O4S. The van der Waals surface area contributed by atoms with Crippen molar-refractivity contribution in [3.8, 4) is 0 Å². The number of hydrogen-bond acceptors (Lipinski definition) is 8. The molecule has 2 aromatic rings. The van der Waals surface area contributed by atoms with Crippen LogP contribution in [0.2, 0.25) is 5.15 Å². The lowest BCUT2D eigenvalue weighted by atomic mass is 10.0. The number of hydrogen-bond donors (Lipinski definition) is 2. The summed E-state index contributed by atoms with van der Waals surface area (Å²) in [5.41, 5.74) is 0.736. The number of piperidine rings is 1. The molecule has 0 unspecified atom stereocenters. The van der Waals surface area contributed by atoms with Gasteiger partial charge in [0, 0.05) is 19.7 Å². The Morgan fingerprint density at radius 1 is 1.41 bits per heavy atom. The smallest absolute Gasteiger partial charge is 0.350 e. The van der Waals surface area contributed by atoms with Gasteiger partial charge in [0.25, 0.3) is 5.91 Å². The van der Waals surface area contributed by atoms with E-state index in [1.807, 2.05) is 6.92 Å². The normalized spacial score (nSPS) is 18.8. The molecule has 0 aliphatic carbocycles. The summed E-state index contributed by atoms with van der Waals surface area (Å²) in [4.78, 5) is 38.8. The molecule has 2 aromatic heterocycles. The molecule has 3 heterocycles. The summed E-state index contributed by atoms with van der Waals surface area (Å²) in [6.07, 6.45) is 2.64. The summed E-state index contributed by atoms with van der Waals surface area (Å²) >= 11 is 7.38. The lowest BCUT2D eigenvalue weighted by Gasteiger charge is -2.38. The zero-order chi connectivity index (χ0) is 23.3. The van der Waals surface area contributed by atoms with Crippen LogP contribution in [0.3, 0.4) is 0 Å². The summed E-state index contributed by atoms with van der Waals surface area (Å²) in [6, 6.07) is -0.184. The Hall–Kier alpha value is -2.17. The van der Waals surface area contributed by atoms with Crippen LogP contribution in [0.5, 0.6) is 0 Å². The first-order chi connectivity index (χ1) is 15.3. The Labute approximate surface area is 196 Å². The number of carbonyl (C=O) groups excluding carboxylic acids is 2. The summed E-state index contributed by atoms with van der Waals surface area (Å²) in [5.74, 6) is -0.111. The number of imidazole rings is 1. The van der Waals surface area contributed by atoms with E-state index < -0.39 is 0 Å². The van der Waals surface area contributed by atoms with Gasteiger partial charge in [0.2, 0.25) is 0 Å². The minimum absolute atomic E-state index is 0.184. The highest BCUT2D eigenvalue weighted by molar-refractivity contribution is 7.17. The van der Waals surface area contributed by atoms with Crippen LogP contribution in [0.4, 0.5) is 5.13 Å². The second-order valence-corrected chi connectivity index (χ2v) is 9.38. The van der Waals surface area contributed by atoms with Gasteiger partial charge in [0.1, 0.15) is 4.88 Å². The van der Waals surface area contributed by atoms with E-state index in [9.17, 15) is 9.59 Å². The number of thiazole rings is 1. The minimum atomic E-state index is -0.366. The van der Waals surface area contributed by atoms with E-state index in [0.717, 1.165) is 10.8 Å². The maximum atomic E-state index is 12.8. The van der Waals surface area contributed by atoms with Crippen molar-refractivity contribution in [3.63, 3.8) is 0 Å². The van der Waals surface area contributed by atoms with Crippen molar-refractivity contribution < 1.29 is 19.1 Å². The lowest BCUT2D eigenvalue weighted by Crippen LogP contribution is -2.55. The highest BCUT2D eigenvalue weighted by atomic mass is 35.5. The van der Waals surface area contributed by atoms with Gasteiger partial charge in [-0.15, -0.1) is 0 Å². The first-order valence-electron chi connectivity index (χ1n) is 10.9. The molecule has 1 aliphatic heterocycles. The molecule has 11 heteroatoms. The maximum absolute atomic E-state index is 12.8. The minimum Gasteiger partial charge on any atom is -0.462 e. The first-order valence-corrected chi connectivity index (χ1v) is 12.1. The topological polar surface area (TPSA) is 109 Å². The van der Waals surface area contributed by atoms with Gasteiger partial charge in [-0.1, -0.05) is 43.7 Å². The van der Waals surface area contributed by atoms with Crippen molar-refractivity contribution in [1.29, 1.82) is 0 Å². The number of amides is 1. The molecule has 0 spiro atoms. The highest BCUT2D eigenvalue weighted by Gasteiger charge is 2.33. The fraction of sp³-hybridized carbons (Fsp3) is 0.619. The van der Waals surface area contributed by atoms with Crippen LogP contribution in [0.1, 0.15) is 60.1 Å². The second-order valence-electron chi connectivity index (χ2n) is 8.02. The van der Waals surface area contributed by atoms with Crippen molar-refractivity contribution in [1.82, 2.24) is 20.3 Å². The Balaban J connectivity index is 1.69. The van der Waals surface area contributed by atoms with Crippen molar-refractivity contribution in [3.05, 3.63) is 27.7 Å². The first kappa shape index (κ1) is 24.5. The van der Waals surface area contributed by atoms with E-state index in [-0.39, 0.29) is 29.8 Å². The number of aryl methyl sites for hydroxylation is 1. The van der Waals surface area contributed by atoms with Crippen molar-refractivity contribution in [2.24, 2.45) is 5.92 Å². The van der Waals surface area contributed by atoms with E-state index >= 15 is 0 Å². The number of aromatic amines is 1. The zero-order valence-electron chi connectivity index (χ0n) is 18.8. The van der Waals surface area contributed by atoms with Crippen LogP contribution in [0.25, 0.3) is 0 Å². The number of esters is 1. The number of nitrogens with zero attached hydrogens (tertiary/aromatic N) is 3. The number of nitrogens with one attached hydrogen (secondary N) is 2. The number of halogens is 1.